The Balaban J connectivity index is 2.36. The molecular weight excluding hydrogens is 289 g/mol. The number of carbonyl (C=O) groups excluding carboxylic acids is 1. The van der Waals surface area contributed by atoms with Crippen LogP contribution in [-0.4, -0.2) is 18.6 Å². The molecule has 0 saturated heterocycles. The standard InChI is InChI=1S/C12H15BrFNO2/c1-8(2)15-12(16)5-6-17-9-3-4-10(13)11(14)7-9/h3-4,7-8H,5-6H2,1-2H3,(H,15,16). The zero-order valence-electron chi connectivity index (χ0n) is 9.80. The molecule has 0 aliphatic heterocycles. The molecule has 0 saturated carbocycles. The fourth-order valence-corrected chi connectivity index (χ4v) is 1.47. The van der Waals surface area contributed by atoms with Gasteiger partial charge in [-0.25, -0.2) is 4.39 Å². The van der Waals surface area contributed by atoms with E-state index in [4.69, 9.17) is 4.74 Å². The number of nitrogens with one attached hydrogen (secondary N) is 1. The van der Waals surface area contributed by atoms with Gasteiger partial charge in [-0.05, 0) is 41.9 Å². The predicted molar refractivity (Wildman–Crippen MR) is 67.5 cm³/mol. The highest BCUT2D eigenvalue weighted by atomic mass is 79.9. The van der Waals surface area contributed by atoms with Crippen LogP contribution in [0.3, 0.4) is 0 Å². The van der Waals surface area contributed by atoms with Crippen LogP contribution in [0.1, 0.15) is 20.3 Å². The molecule has 0 atom stereocenters. The highest BCUT2D eigenvalue weighted by molar-refractivity contribution is 9.10. The van der Waals surface area contributed by atoms with Gasteiger partial charge in [0, 0.05) is 12.1 Å². The molecule has 17 heavy (non-hydrogen) atoms. The van der Waals surface area contributed by atoms with Crippen molar-refractivity contribution in [3.63, 3.8) is 0 Å². The Morgan fingerprint density at radius 1 is 1.53 bits per heavy atom. The lowest BCUT2D eigenvalue weighted by atomic mass is 10.3. The third-order valence-electron chi connectivity index (χ3n) is 1.94. The molecule has 3 nitrogen and oxygen atoms in total. The van der Waals surface area contributed by atoms with Gasteiger partial charge in [0.2, 0.25) is 5.91 Å². The molecule has 0 aliphatic rings. The monoisotopic (exact) mass is 303 g/mol. The molecule has 0 bridgehead atoms. The van der Waals surface area contributed by atoms with Gasteiger partial charge in [-0.1, -0.05) is 0 Å². The molecule has 1 rings (SSSR count). The molecular formula is C12H15BrFNO2. The van der Waals surface area contributed by atoms with E-state index in [0.29, 0.717) is 10.2 Å². The third kappa shape index (κ3) is 5.17. The quantitative estimate of drug-likeness (QED) is 0.908. The van der Waals surface area contributed by atoms with Gasteiger partial charge in [0.25, 0.3) is 0 Å². The average molecular weight is 304 g/mol. The molecule has 0 spiro atoms. The topological polar surface area (TPSA) is 38.3 Å². The van der Waals surface area contributed by atoms with E-state index in [0.717, 1.165) is 0 Å². The molecule has 94 valence electrons. The summed E-state index contributed by atoms with van der Waals surface area (Å²) in [6.07, 6.45) is 0.260. The second kappa shape index (κ2) is 6.59. The summed E-state index contributed by atoms with van der Waals surface area (Å²) in [7, 11) is 0. The Morgan fingerprint density at radius 3 is 2.82 bits per heavy atom. The fraction of sp³-hybridized carbons (Fsp3) is 0.417. The zero-order chi connectivity index (χ0) is 12.8. The first kappa shape index (κ1) is 14.0. The van der Waals surface area contributed by atoms with Gasteiger partial charge >= 0.3 is 0 Å². The molecule has 1 amide bonds. The minimum Gasteiger partial charge on any atom is -0.493 e. The highest BCUT2D eigenvalue weighted by Crippen LogP contribution is 2.20. The number of halogens is 2. The molecule has 1 aromatic rings. The average Bonchev–Trinajstić information content (AvgIpc) is 2.22. The lowest BCUT2D eigenvalue weighted by molar-refractivity contribution is -0.122. The highest BCUT2D eigenvalue weighted by Gasteiger charge is 2.05. The van der Waals surface area contributed by atoms with Crippen LogP contribution in [0.15, 0.2) is 22.7 Å². The van der Waals surface area contributed by atoms with Crippen LogP contribution in [0.5, 0.6) is 5.75 Å². The summed E-state index contributed by atoms with van der Waals surface area (Å²) in [6, 6.07) is 4.61. The number of hydrogen-bond acceptors (Lipinski definition) is 2. The molecule has 0 heterocycles. The summed E-state index contributed by atoms with van der Waals surface area (Å²) in [5.41, 5.74) is 0. The maximum Gasteiger partial charge on any atom is 0.223 e. The van der Waals surface area contributed by atoms with E-state index in [1.807, 2.05) is 13.8 Å². The van der Waals surface area contributed by atoms with Crippen molar-refractivity contribution in [1.29, 1.82) is 0 Å². The maximum absolute atomic E-state index is 13.1. The molecule has 5 heteroatoms. The molecule has 1 N–H and O–H groups in total. The first-order chi connectivity index (χ1) is 7.99. The smallest absolute Gasteiger partial charge is 0.223 e. The van der Waals surface area contributed by atoms with Crippen molar-refractivity contribution in [2.24, 2.45) is 0 Å². The second-order valence-corrected chi connectivity index (χ2v) is 4.75. The Labute approximate surface area is 108 Å². The maximum atomic E-state index is 13.1. The number of hydrogen-bond donors (Lipinski definition) is 1. The fourth-order valence-electron chi connectivity index (χ4n) is 1.22. The lowest BCUT2D eigenvalue weighted by Gasteiger charge is -2.09. The first-order valence-electron chi connectivity index (χ1n) is 5.36. The Kier molecular flexibility index (Phi) is 5.41. The van der Waals surface area contributed by atoms with Crippen molar-refractivity contribution in [3.8, 4) is 5.75 Å². The molecule has 0 aliphatic carbocycles. The van der Waals surface area contributed by atoms with Gasteiger partial charge in [0.15, 0.2) is 0 Å². The van der Waals surface area contributed by atoms with E-state index >= 15 is 0 Å². The zero-order valence-corrected chi connectivity index (χ0v) is 11.4. The van der Waals surface area contributed by atoms with Crippen molar-refractivity contribution < 1.29 is 13.9 Å². The van der Waals surface area contributed by atoms with Gasteiger partial charge in [-0.15, -0.1) is 0 Å². The van der Waals surface area contributed by atoms with Crippen molar-refractivity contribution in [2.45, 2.75) is 26.3 Å². The first-order valence-corrected chi connectivity index (χ1v) is 6.15. The van der Waals surface area contributed by atoms with Crippen LogP contribution in [0.2, 0.25) is 0 Å². The number of ether oxygens (including phenoxy) is 1. The van der Waals surface area contributed by atoms with Crippen LogP contribution >= 0.6 is 15.9 Å². The van der Waals surface area contributed by atoms with Crippen molar-refractivity contribution in [2.75, 3.05) is 6.61 Å². The van der Waals surface area contributed by atoms with Gasteiger partial charge in [-0.2, -0.15) is 0 Å². The van der Waals surface area contributed by atoms with Crippen LogP contribution in [0, 0.1) is 5.82 Å². The van der Waals surface area contributed by atoms with E-state index in [9.17, 15) is 9.18 Å². The van der Waals surface area contributed by atoms with Crippen LogP contribution in [-0.2, 0) is 4.79 Å². The van der Waals surface area contributed by atoms with Crippen molar-refractivity contribution in [1.82, 2.24) is 5.32 Å². The summed E-state index contributed by atoms with van der Waals surface area (Å²) in [5.74, 6) is -0.0326. The van der Waals surface area contributed by atoms with E-state index in [1.165, 1.54) is 6.07 Å². The summed E-state index contributed by atoms with van der Waals surface area (Å²) in [4.78, 5) is 11.3. The van der Waals surface area contributed by atoms with Crippen molar-refractivity contribution in [3.05, 3.63) is 28.5 Å². The Bertz CT molecular complexity index is 396. The van der Waals surface area contributed by atoms with Gasteiger partial charge in [0.1, 0.15) is 11.6 Å². The van der Waals surface area contributed by atoms with Gasteiger partial charge < -0.3 is 10.1 Å². The van der Waals surface area contributed by atoms with Gasteiger partial charge in [0.05, 0.1) is 17.5 Å². The summed E-state index contributed by atoms with van der Waals surface area (Å²) in [5, 5.41) is 2.75. The molecule has 1 aromatic carbocycles. The van der Waals surface area contributed by atoms with Crippen LogP contribution in [0.4, 0.5) is 4.39 Å². The van der Waals surface area contributed by atoms with Crippen LogP contribution < -0.4 is 10.1 Å². The Morgan fingerprint density at radius 2 is 2.24 bits per heavy atom. The number of rotatable bonds is 5. The summed E-state index contributed by atoms with van der Waals surface area (Å²) >= 11 is 3.05. The Hall–Kier alpha value is -1.10. The van der Waals surface area contributed by atoms with Crippen LogP contribution in [0.25, 0.3) is 0 Å². The predicted octanol–water partition coefficient (Wildman–Crippen LogP) is 2.88. The largest absolute Gasteiger partial charge is 0.493 e. The van der Waals surface area contributed by atoms with E-state index in [2.05, 4.69) is 21.2 Å². The molecule has 0 fully saturated rings. The lowest BCUT2D eigenvalue weighted by Crippen LogP contribution is -2.31. The second-order valence-electron chi connectivity index (χ2n) is 3.90. The number of benzene rings is 1. The van der Waals surface area contributed by atoms with Gasteiger partial charge in [-0.3, -0.25) is 4.79 Å². The third-order valence-corrected chi connectivity index (χ3v) is 2.58. The molecule has 0 unspecified atom stereocenters. The van der Waals surface area contributed by atoms with Crippen molar-refractivity contribution >= 4 is 21.8 Å². The van der Waals surface area contributed by atoms with E-state index < -0.39 is 0 Å². The summed E-state index contributed by atoms with van der Waals surface area (Å²) < 4.78 is 18.8. The normalized spacial score (nSPS) is 10.4. The number of carbonyl (C=O) groups is 1. The minimum atomic E-state index is -0.380. The number of amides is 1. The minimum absolute atomic E-state index is 0.0717. The molecule has 0 radical (unpaired) electrons. The summed E-state index contributed by atoms with van der Waals surface area (Å²) in [6.45, 7) is 4.02. The molecule has 0 aromatic heterocycles. The van der Waals surface area contributed by atoms with E-state index in [-0.39, 0.29) is 30.8 Å². The SMILES string of the molecule is CC(C)NC(=O)CCOc1ccc(Br)c(F)c1. The van der Waals surface area contributed by atoms with E-state index in [1.54, 1.807) is 12.1 Å².